The standard InChI is InChI=1S/C10H8N6OS/c11-8(14-17)9-12-5-16(13-9)10-6-3-1-2-4-7(6)15-18-10/h1-5,17H,(H2,11,14). The maximum absolute atomic E-state index is 8.56. The predicted octanol–water partition coefficient (Wildman–Crippen LogP) is 0.971. The number of hydrogen-bond acceptors (Lipinski definition) is 6. The molecule has 0 aliphatic rings. The van der Waals surface area contributed by atoms with Crippen LogP contribution in [0.25, 0.3) is 15.9 Å². The van der Waals surface area contributed by atoms with Crippen molar-refractivity contribution < 1.29 is 5.21 Å². The molecule has 2 heterocycles. The highest BCUT2D eigenvalue weighted by Crippen LogP contribution is 2.24. The van der Waals surface area contributed by atoms with Gasteiger partial charge >= 0.3 is 0 Å². The fourth-order valence-electron chi connectivity index (χ4n) is 1.56. The molecule has 0 saturated heterocycles. The van der Waals surface area contributed by atoms with Gasteiger partial charge in [0, 0.05) is 5.39 Å². The zero-order valence-electron chi connectivity index (χ0n) is 9.06. The van der Waals surface area contributed by atoms with Crippen LogP contribution in [0.2, 0.25) is 0 Å². The first kappa shape index (κ1) is 10.7. The van der Waals surface area contributed by atoms with Crippen molar-refractivity contribution in [2.45, 2.75) is 0 Å². The second-order valence-corrected chi connectivity index (χ2v) is 4.25. The number of nitrogens with zero attached hydrogens (tertiary/aromatic N) is 5. The summed E-state index contributed by atoms with van der Waals surface area (Å²) >= 11 is 1.32. The number of benzene rings is 1. The van der Waals surface area contributed by atoms with Gasteiger partial charge in [0.15, 0.2) is 0 Å². The molecule has 3 aromatic rings. The minimum Gasteiger partial charge on any atom is -0.409 e. The van der Waals surface area contributed by atoms with Crippen LogP contribution in [0.4, 0.5) is 0 Å². The van der Waals surface area contributed by atoms with Gasteiger partial charge in [0.2, 0.25) is 11.7 Å². The molecule has 1 aromatic carbocycles. The van der Waals surface area contributed by atoms with Crippen molar-refractivity contribution in [1.29, 1.82) is 0 Å². The SMILES string of the molecule is NC(=NO)c1ncn(-c2snc3ccccc23)n1. The largest absolute Gasteiger partial charge is 0.409 e. The summed E-state index contributed by atoms with van der Waals surface area (Å²) in [4.78, 5) is 3.96. The summed E-state index contributed by atoms with van der Waals surface area (Å²) in [6.45, 7) is 0. The first-order valence-corrected chi connectivity index (χ1v) is 5.81. The Morgan fingerprint density at radius 1 is 1.39 bits per heavy atom. The van der Waals surface area contributed by atoms with E-state index < -0.39 is 0 Å². The number of amidine groups is 1. The summed E-state index contributed by atoms with van der Waals surface area (Å²) in [5.74, 6) is 0.0533. The predicted molar refractivity (Wildman–Crippen MR) is 67.0 cm³/mol. The molecule has 0 saturated carbocycles. The van der Waals surface area contributed by atoms with Crippen molar-refractivity contribution in [3.63, 3.8) is 0 Å². The molecule has 0 amide bonds. The van der Waals surface area contributed by atoms with E-state index in [0.29, 0.717) is 0 Å². The Hall–Kier alpha value is -2.48. The Morgan fingerprint density at radius 3 is 3.06 bits per heavy atom. The van der Waals surface area contributed by atoms with Crippen molar-refractivity contribution in [2.24, 2.45) is 10.9 Å². The molecule has 7 nitrogen and oxygen atoms in total. The van der Waals surface area contributed by atoms with Gasteiger partial charge in [-0.3, -0.25) is 0 Å². The number of fused-ring (bicyclic) bond motifs is 1. The molecule has 90 valence electrons. The zero-order chi connectivity index (χ0) is 12.5. The molecule has 8 heteroatoms. The third-order valence-electron chi connectivity index (χ3n) is 2.40. The Balaban J connectivity index is 2.12. The number of aromatic nitrogens is 4. The van der Waals surface area contributed by atoms with E-state index in [0.717, 1.165) is 15.9 Å². The van der Waals surface area contributed by atoms with Crippen molar-refractivity contribution in [3.8, 4) is 5.00 Å². The summed E-state index contributed by atoms with van der Waals surface area (Å²) < 4.78 is 5.87. The highest BCUT2D eigenvalue weighted by molar-refractivity contribution is 7.10. The fourth-order valence-corrected chi connectivity index (χ4v) is 2.35. The zero-order valence-corrected chi connectivity index (χ0v) is 9.87. The van der Waals surface area contributed by atoms with Crippen LogP contribution in [0.5, 0.6) is 0 Å². The molecule has 3 rings (SSSR count). The molecular weight excluding hydrogens is 252 g/mol. The van der Waals surface area contributed by atoms with Crippen molar-refractivity contribution in [1.82, 2.24) is 19.1 Å². The van der Waals surface area contributed by atoms with E-state index in [1.165, 1.54) is 17.9 Å². The van der Waals surface area contributed by atoms with Gasteiger partial charge in [-0.05, 0) is 23.7 Å². The highest BCUT2D eigenvalue weighted by atomic mass is 32.1. The van der Waals surface area contributed by atoms with Gasteiger partial charge in [-0.15, -0.1) is 5.10 Å². The molecule has 3 N–H and O–H groups in total. The quantitative estimate of drug-likeness (QED) is 0.309. The molecule has 0 aliphatic heterocycles. The monoisotopic (exact) mass is 260 g/mol. The number of oxime groups is 1. The van der Waals surface area contributed by atoms with Gasteiger partial charge < -0.3 is 10.9 Å². The maximum atomic E-state index is 8.56. The van der Waals surface area contributed by atoms with Crippen LogP contribution in [0.1, 0.15) is 5.82 Å². The Bertz CT molecular complexity index is 731. The lowest BCUT2D eigenvalue weighted by Gasteiger charge is -1.95. The summed E-state index contributed by atoms with van der Waals surface area (Å²) in [7, 11) is 0. The van der Waals surface area contributed by atoms with E-state index in [9.17, 15) is 0 Å². The van der Waals surface area contributed by atoms with Crippen LogP contribution in [0, 0.1) is 0 Å². The summed E-state index contributed by atoms with van der Waals surface area (Å²) in [5.41, 5.74) is 6.32. The number of hydrogen-bond donors (Lipinski definition) is 2. The lowest BCUT2D eigenvalue weighted by molar-refractivity contribution is 0.318. The molecule has 0 bridgehead atoms. The van der Waals surface area contributed by atoms with Crippen LogP contribution in [0.15, 0.2) is 35.7 Å². The van der Waals surface area contributed by atoms with Crippen molar-refractivity contribution in [3.05, 3.63) is 36.4 Å². The van der Waals surface area contributed by atoms with E-state index in [4.69, 9.17) is 10.9 Å². The average Bonchev–Trinajstić information content (AvgIpc) is 3.03. The average molecular weight is 260 g/mol. The van der Waals surface area contributed by atoms with E-state index in [2.05, 4.69) is 19.6 Å². The van der Waals surface area contributed by atoms with Crippen LogP contribution < -0.4 is 5.73 Å². The molecule has 0 unspecified atom stereocenters. The first-order valence-electron chi connectivity index (χ1n) is 5.04. The van der Waals surface area contributed by atoms with Gasteiger partial charge in [-0.1, -0.05) is 17.3 Å². The topological polar surface area (TPSA) is 102 Å². The summed E-state index contributed by atoms with van der Waals surface area (Å²) in [6, 6.07) is 7.74. The molecule has 18 heavy (non-hydrogen) atoms. The third kappa shape index (κ3) is 1.59. The fraction of sp³-hybridized carbons (Fsp3) is 0. The van der Waals surface area contributed by atoms with E-state index in [1.54, 1.807) is 4.68 Å². The Kier molecular flexibility index (Phi) is 2.41. The smallest absolute Gasteiger partial charge is 0.220 e. The maximum Gasteiger partial charge on any atom is 0.220 e. The Morgan fingerprint density at radius 2 is 2.22 bits per heavy atom. The third-order valence-corrected chi connectivity index (χ3v) is 3.27. The second kappa shape index (κ2) is 4.08. The van der Waals surface area contributed by atoms with Gasteiger partial charge in [0.1, 0.15) is 11.3 Å². The molecule has 0 aliphatic carbocycles. The van der Waals surface area contributed by atoms with Gasteiger partial charge in [0.25, 0.3) is 0 Å². The molecule has 0 fully saturated rings. The van der Waals surface area contributed by atoms with Gasteiger partial charge in [0.05, 0.1) is 5.52 Å². The normalized spacial score (nSPS) is 12.1. The van der Waals surface area contributed by atoms with Crippen LogP contribution in [-0.4, -0.2) is 30.2 Å². The second-order valence-electron chi connectivity index (χ2n) is 3.50. The van der Waals surface area contributed by atoms with Crippen molar-refractivity contribution >= 4 is 28.3 Å². The molecule has 0 radical (unpaired) electrons. The Labute approximate surface area is 105 Å². The summed E-state index contributed by atoms with van der Waals surface area (Å²) in [6.07, 6.45) is 1.51. The minimum absolute atomic E-state index is 0.123. The summed E-state index contributed by atoms with van der Waals surface area (Å²) in [5, 5.41) is 17.4. The minimum atomic E-state index is -0.123. The van der Waals surface area contributed by atoms with Gasteiger partial charge in [-0.2, -0.15) is 4.37 Å². The van der Waals surface area contributed by atoms with Crippen LogP contribution in [-0.2, 0) is 0 Å². The lowest BCUT2D eigenvalue weighted by atomic mass is 10.2. The molecule has 2 aromatic heterocycles. The van der Waals surface area contributed by atoms with E-state index in [1.807, 2.05) is 24.3 Å². The molecular formula is C10H8N6OS. The number of nitrogens with two attached hydrogens (primary N) is 1. The van der Waals surface area contributed by atoms with E-state index >= 15 is 0 Å². The number of rotatable bonds is 2. The van der Waals surface area contributed by atoms with Crippen LogP contribution >= 0.6 is 11.5 Å². The van der Waals surface area contributed by atoms with E-state index in [-0.39, 0.29) is 11.7 Å². The highest BCUT2D eigenvalue weighted by Gasteiger charge is 2.11. The molecule has 0 spiro atoms. The lowest BCUT2D eigenvalue weighted by Crippen LogP contribution is -2.15. The van der Waals surface area contributed by atoms with Crippen molar-refractivity contribution in [2.75, 3.05) is 0 Å². The van der Waals surface area contributed by atoms with Crippen LogP contribution in [0.3, 0.4) is 0 Å². The van der Waals surface area contributed by atoms with Gasteiger partial charge in [-0.25, -0.2) is 9.67 Å². The molecule has 0 atom stereocenters. The first-order chi connectivity index (χ1) is 8.79.